The summed E-state index contributed by atoms with van der Waals surface area (Å²) in [4.78, 5) is 0. The quantitative estimate of drug-likeness (QED) is 0.269. The molecular formula is C30H26F2O. The van der Waals surface area contributed by atoms with Crippen molar-refractivity contribution >= 4 is 6.08 Å². The topological polar surface area (TPSA) is 9.23 Å². The zero-order chi connectivity index (χ0) is 23.2. The van der Waals surface area contributed by atoms with E-state index >= 15 is 0 Å². The average Bonchev–Trinajstić information content (AvgIpc) is 2.85. The van der Waals surface area contributed by atoms with E-state index in [-0.39, 0.29) is 11.6 Å². The Hall–Kier alpha value is -3.72. The first-order valence-electron chi connectivity index (χ1n) is 11.1. The molecule has 0 atom stereocenters. The predicted molar refractivity (Wildman–Crippen MR) is 132 cm³/mol. The van der Waals surface area contributed by atoms with Crippen LogP contribution >= 0.6 is 0 Å². The molecule has 0 saturated heterocycles. The van der Waals surface area contributed by atoms with Crippen molar-refractivity contribution in [2.45, 2.75) is 19.8 Å². The Morgan fingerprint density at radius 2 is 1.27 bits per heavy atom. The monoisotopic (exact) mass is 440 g/mol. The van der Waals surface area contributed by atoms with Crippen LogP contribution in [0.3, 0.4) is 0 Å². The third-order valence-electron chi connectivity index (χ3n) is 5.72. The van der Waals surface area contributed by atoms with Gasteiger partial charge in [-0.3, -0.25) is 0 Å². The Morgan fingerprint density at radius 3 is 1.85 bits per heavy atom. The van der Waals surface area contributed by atoms with E-state index in [1.165, 1.54) is 29.3 Å². The van der Waals surface area contributed by atoms with Crippen LogP contribution in [0, 0.1) is 11.6 Å². The lowest BCUT2D eigenvalue weighted by Crippen LogP contribution is -1.95. The minimum absolute atomic E-state index is 0.173. The second-order valence-electron chi connectivity index (χ2n) is 7.92. The fraction of sp³-hybridized carbons (Fsp3) is 0.133. The summed E-state index contributed by atoms with van der Waals surface area (Å²) in [5, 5.41) is 0. The van der Waals surface area contributed by atoms with Gasteiger partial charge in [0.15, 0.2) is 11.6 Å². The van der Waals surface area contributed by atoms with E-state index in [1.807, 2.05) is 24.3 Å². The molecule has 0 fully saturated rings. The molecule has 33 heavy (non-hydrogen) atoms. The lowest BCUT2D eigenvalue weighted by molar-refractivity contribution is 0.321. The first-order valence-corrected chi connectivity index (χ1v) is 11.1. The van der Waals surface area contributed by atoms with Gasteiger partial charge in [-0.25, -0.2) is 8.78 Å². The fourth-order valence-electron chi connectivity index (χ4n) is 3.84. The Labute approximate surface area is 194 Å². The van der Waals surface area contributed by atoms with Crippen LogP contribution in [0.4, 0.5) is 8.78 Å². The highest BCUT2D eigenvalue weighted by atomic mass is 19.1. The molecule has 0 unspecified atom stereocenters. The van der Waals surface area contributed by atoms with Gasteiger partial charge in [0, 0.05) is 5.56 Å². The smallest absolute Gasteiger partial charge is 0.165 e. The maximum Gasteiger partial charge on any atom is 0.165 e. The number of aryl methyl sites for hydroxylation is 2. The summed E-state index contributed by atoms with van der Waals surface area (Å²) >= 11 is 0. The fourth-order valence-corrected chi connectivity index (χ4v) is 3.84. The molecule has 0 radical (unpaired) electrons. The van der Waals surface area contributed by atoms with Gasteiger partial charge < -0.3 is 4.74 Å². The summed E-state index contributed by atoms with van der Waals surface area (Å²) in [7, 11) is 0. The third kappa shape index (κ3) is 5.38. The molecule has 0 aliphatic heterocycles. The van der Waals surface area contributed by atoms with Gasteiger partial charge >= 0.3 is 0 Å². The molecule has 3 heteroatoms. The standard InChI is InChI=1S/C30H26F2O/c1-3-21-5-7-22(8-6-21)9-10-23-11-13-24(14-12-23)25-15-17-27(28(31)19-25)26-16-18-30(33-4-2)29(32)20-26/h3,5-8,11-20H,1,4,9-10H2,2H3. The molecule has 0 N–H and O–H groups in total. The number of benzene rings is 4. The molecule has 4 aromatic rings. The number of hydrogen-bond donors (Lipinski definition) is 0. The van der Waals surface area contributed by atoms with E-state index in [2.05, 4.69) is 43.0 Å². The maximum atomic E-state index is 14.9. The molecule has 166 valence electrons. The Bertz CT molecular complexity index is 1240. The zero-order valence-corrected chi connectivity index (χ0v) is 18.7. The molecule has 4 aromatic carbocycles. The molecule has 0 aliphatic carbocycles. The van der Waals surface area contributed by atoms with Crippen LogP contribution < -0.4 is 4.74 Å². The van der Waals surface area contributed by atoms with E-state index in [9.17, 15) is 8.78 Å². The number of hydrogen-bond acceptors (Lipinski definition) is 1. The van der Waals surface area contributed by atoms with Crippen LogP contribution in [0.1, 0.15) is 23.6 Å². The van der Waals surface area contributed by atoms with Gasteiger partial charge in [0.2, 0.25) is 0 Å². The summed E-state index contributed by atoms with van der Waals surface area (Å²) in [6, 6.07) is 26.2. The van der Waals surface area contributed by atoms with E-state index in [1.54, 1.807) is 19.1 Å². The minimum Gasteiger partial charge on any atom is -0.491 e. The Morgan fingerprint density at radius 1 is 0.697 bits per heavy atom. The van der Waals surface area contributed by atoms with Crippen molar-refractivity contribution in [1.82, 2.24) is 0 Å². The van der Waals surface area contributed by atoms with Gasteiger partial charge in [0.25, 0.3) is 0 Å². The highest BCUT2D eigenvalue weighted by Crippen LogP contribution is 2.31. The third-order valence-corrected chi connectivity index (χ3v) is 5.72. The molecule has 0 aromatic heterocycles. The van der Waals surface area contributed by atoms with Crippen molar-refractivity contribution in [3.63, 3.8) is 0 Å². The first-order chi connectivity index (χ1) is 16.1. The van der Waals surface area contributed by atoms with E-state index in [0.717, 1.165) is 29.5 Å². The van der Waals surface area contributed by atoms with Crippen molar-refractivity contribution in [3.05, 3.63) is 120 Å². The summed E-state index contributed by atoms with van der Waals surface area (Å²) < 4.78 is 34.3. The molecule has 0 amide bonds. The van der Waals surface area contributed by atoms with Crippen LogP contribution in [0.5, 0.6) is 5.75 Å². The van der Waals surface area contributed by atoms with Crippen molar-refractivity contribution in [3.8, 4) is 28.0 Å². The molecule has 0 bridgehead atoms. The van der Waals surface area contributed by atoms with Gasteiger partial charge in [-0.05, 0) is 71.3 Å². The molecule has 0 heterocycles. The Kier molecular flexibility index (Phi) is 6.99. The number of ether oxygens (including phenoxy) is 1. The largest absolute Gasteiger partial charge is 0.491 e. The van der Waals surface area contributed by atoms with Gasteiger partial charge in [-0.15, -0.1) is 0 Å². The summed E-state index contributed by atoms with van der Waals surface area (Å²) in [5.41, 5.74) is 6.21. The molecule has 0 saturated carbocycles. The normalized spacial score (nSPS) is 10.8. The van der Waals surface area contributed by atoms with Gasteiger partial charge in [-0.1, -0.05) is 79.4 Å². The van der Waals surface area contributed by atoms with E-state index < -0.39 is 5.82 Å². The predicted octanol–water partition coefficient (Wildman–Crippen LogP) is 8.13. The van der Waals surface area contributed by atoms with Crippen molar-refractivity contribution in [2.24, 2.45) is 0 Å². The molecule has 0 spiro atoms. The summed E-state index contributed by atoms with van der Waals surface area (Å²) in [6.07, 6.45) is 3.73. The van der Waals surface area contributed by atoms with E-state index in [4.69, 9.17) is 4.74 Å². The van der Waals surface area contributed by atoms with Crippen molar-refractivity contribution in [1.29, 1.82) is 0 Å². The molecule has 1 nitrogen and oxygen atoms in total. The average molecular weight is 441 g/mol. The van der Waals surface area contributed by atoms with Crippen LogP contribution in [0.15, 0.2) is 91.5 Å². The zero-order valence-electron chi connectivity index (χ0n) is 18.7. The van der Waals surface area contributed by atoms with Crippen LogP contribution in [-0.2, 0) is 12.8 Å². The van der Waals surface area contributed by atoms with Crippen LogP contribution in [0.2, 0.25) is 0 Å². The first kappa shape index (κ1) is 22.5. The van der Waals surface area contributed by atoms with Gasteiger partial charge in [-0.2, -0.15) is 0 Å². The summed E-state index contributed by atoms with van der Waals surface area (Å²) in [6.45, 7) is 5.95. The number of rotatable bonds is 8. The lowest BCUT2D eigenvalue weighted by atomic mass is 9.97. The maximum absolute atomic E-state index is 14.9. The molecule has 0 aliphatic rings. The molecular weight excluding hydrogens is 414 g/mol. The van der Waals surface area contributed by atoms with Crippen LogP contribution in [0.25, 0.3) is 28.3 Å². The van der Waals surface area contributed by atoms with Crippen LogP contribution in [-0.4, -0.2) is 6.61 Å². The Balaban J connectivity index is 1.46. The number of halogens is 2. The van der Waals surface area contributed by atoms with Gasteiger partial charge in [0.05, 0.1) is 6.61 Å². The highest BCUT2D eigenvalue weighted by Gasteiger charge is 2.11. The minimum atomic E-state index is -0.495. The highest BCUT2D eigenvalue weighted by molar-refractivity contribution is 5.71. The summed E-state index contributed by atoms with van der Waals surface area (Å²) in [5.74, 6) is -0.708. The second kappa shape index (κ2) is 10.3. The van der Waals surface area contributed by atoms with Crippen molar-refractivity contribution in [2.75, 3.05) is 6.61 Å². The lowest BCUT2D eigenvalue weighted by Gasteiger charge is -2.10. The molecule has 4 rings (SSSR count). The SMILES string of the molecule is C=Cc1ccc(CCc2ccc(-c3ccc(-c4ccc(OCC)c(F)c4)c(F)c3)cc2)cc1. The van der Waals surface area contributed by atoms with E-state index in [0.29, 0.717) is 17.7 Å². The second-order valence-corrected chi connectivity index (χ2v) is 7.92. The van der Waals surface area contributed by atoms with Gasteiger partial charge in [0.1, 0.15) is 5.82 Å². The van der Waals surface area contributed by atoms with Crippen molar-refractivity contribution < 1.29 is 13.5 Å².